The molecule has 0 saturated heterocycles. The van der Waals surface area contributed by atoms with Gasteiger partial charge < -0.3 is 10.1 Å². The van der Waals surface area contributed by atoms with E-state index in [4.69, 9.17) is 9.94 Å². The molecule has 0 heterocycles. The lowest BCUT2D eigenvalue weighted by Crippen LogP contribution is -2.55. The molecule has 8 heteroatoms. The maximum Gasteiger partial charge on any atom is 0.311 e. The topological polar surface area (TPSA) is 117 Å². The van der Waals surface area contributed by atoms with Crippen molar-refractivity contribution < 1.29 is 24.3 Å². The van der Waals surface area contributed by atoms with E-state index >= 15 is 0 Å². The van der Waals surface area contributed by atoms with Crippen molar-refractivity contribution in [1.29, 1.82) is 0 Å². The summed E-state index contributed by atoms with van der Waals surface area (Å²) in [6.45, 7) is 5.91. The van der Waals surface area contributed by atoms with Gasteiger partial charge >= 0.3 is 5.97 Å². The average molecular weight is 371 g/mol. The van der Waals surface area contributed by atoms with Crippen LogP contribution < -0.4 is 16.1 Å². The molecule has 0 aromatic rings. The first-order valence-electron chi connectivity index (χ1n) is 9.57. The third kappa shape index (κ3) is 6.92. The van der Waals surface area contributed by atoms with Crippen molar-refractivity contribution >= 4 is 17.8 Å². The molecule has 1 fully saturated rings. The lowest BCUT2D eigenvalue weighted by molar-refractivity contribution is -0.150. The Hall–Kier alpha value is -1.67. The van der Waals surface area contributed by atoms with Crippen molar-refractivity contribution in [3.05, 3.63) is 0 Å². The maximum absolute atomic E-state index is 12.8. The monoisotopic (exact) mass is 371 g/mol. The molecule has 8 nitrogen and oxygen atoms in total. The minimum absolute atomic E-state index is 0.0103. The number of amides is 2. The average Bonchev–Trinajstić information content (AvgIpc) is 2.62. The highest BCUT2D eigenvalue weighted by Gasteiger charge is 2.35. The Bertz CT molecular complexity index is 472. The number of ether oxygens (including phenoxy) is 1. The SMILES string of the molecule is CCCC(C)C(NCC(=O)NO)C(=O)NC1CCCCC1C(=O)OCC. The highest BCUT2D eigenvalue weighted by atomic mass is 16.5. The van der Waals surface area contributed by atoms with E-state index in [2.05, 4.69) is 10.6 Å². The van der Waals surface area contributed by atoms with Crippen LogP contribution in [0.25, 0.3) is 0 Å². The number of hydrogen-bond acceptors (Lipinski definition) is 6. The second-order valence-corrected chi connectivity index (χ2v) is 6.92. The van der Waals surface area contributed by atoms with Gasteiger partial charge in [0, 0.05) is 6.04 Å². The standard InChI is InChI=1S/C18H33N3O5/c1-4-8-12(3)16(19-11-15(22)21-25)17(23)20-14-10-7-6-9-13(14)18(24)26-5-2/h12-14,16,19,25H,4-11H2,1-3H3,(H,20,23)(H,21,22). The smallest absolute Gasteiger partial charge is 0.311 e. The molecular formula is C18H33N3O5. The zero-order chi connectivity index (χ0) is 19.5. The third-order valence-corrected chi connectivity index (χ3v) is 4.89. The Labute approximate surface area is 155 Å². The van der Waals surface area contributed by atoms with Crippen molar-refractivity contribution in [3.8, 4) is 0 Å². The van der Waals surface area contributed by atoms with Crippen LogP contribution in [0.1, 0.15) is 59.3 Å². The second kappa shape index (κ2) is 11.9. The van der Waals surface area contributed by atoms with E-state index in [1.165, 1.54) is 0 Å². The lowest BCUT2D eigenvalue weighted by Gasteiger charge is -2.33. The van der Waals surface area contributed by atoms with Gasteiger partial charge in [-0.05, 0) is 32.1 Å². The van der Waals surface area contributed by atoms with Gasteiger partial charge in [-0.2, -0.15) is 0 Å². The Balaban J connectivity index is 2.77. The molecular weight excluding hydrogens is 338 g/mol. The highest BCUT2D eigenvalue weighted by molar-refractivity contribution is 5.84. The molecule has 2 amide bonds. The molecule has 4 atom stereocenters. The van der Waals surface area contributed by atoms with Gasteiger partial charge in [-0.1, -0.05) is 33.1 Å². The summed E-state index contributed by atoms with van der Waals surface area (Å²) in [5.41, 5.74) is 1.55. The normalized spacial score (nSPS) is 22.2. The van der Waals surface area contributed by atoms with E-state index in [0.717, 1.165) is 32.1 Å². The lowest BCUT2D eigenvalue weighted by atomic mass is 9.84. The largest absolute Gasteiger partial charge is 0.466 e. The zero-order valence-corrected chi connectivity index (χ0v) is 16.0. The number of rotatable bonds is 10. The summed E-state index contributed by atoms with van der Waals surface area (Å²) >= 11 is 0. The summed E-state index contributed by atoms with van der Waals surface area (Å²) in [7, 11) is 0. The molecule has 0 aliphatic heterocycles. The molecule has 0 bridgehead atoms. The van der Waals surface area contributed by atoms with Crippen LogP contribution >= 0.6 is 0 Å². The van der Waals surface area contributed by atoms with E-state index < -0.39 is 11.9 Å². The van der Waals surface area contributed by atoms with Crippen LogP contribution in [-0.4, -0.2) is 48.2 Å². The summed E-state index contributed by atoms with van der Waals surface area (Å²) in [4.78, 5) is 36.3. The third-order valence-electron chi connectivity index (χ3n) is 4.89. The maximum atomic E-state index is 12.8. The minimum Gasteiger partial charge on any atom is -0.466 e. The van der Waals surface area contributed by atoms with Gasteiger partial charge in [0.25, 0.3) is 5.91 Å². The van der Waals surface area contributed by atoms with Crippen LogP contribution in [0.15, 0.2) is 0 Å². The molecule has 1 saturated carbocycles. The number of carbonyl (C=O) groups excluding carboxylic acids is 3. The quantitative estimate of drug-likeness (QED) is 0.260. The van der Waals surface area contributed by atoms with Crippen LogP contribution in [0.5, 0.6) is 0 Å². The first-order valence-corrected chi connectivity index (χ1v) is 9.57. The van der Waals surface area contributed by atoms with Gasteiger partial charge in [-0.25, -0.2) is 5.48 Å². The molecule has 1 aliphatic carbocycles. The molecule has 0 radical (unpaired) electrons. The van der Waals surface area contributed by atoms with Crippen LogP contribution in [0.3, 0.4) is 0 Å². The fourth-order valence-corrected chi connectivity index (χ4v) is 3.52. The number of carbonyl (C=O) groups is 3. The van der Waals surface area contributed by atoms with E-state index in [-0.39, 0.29) is 36.3 Å². The van der Waals surface area contributed by atoms with Crippen LogP contribution in [-0.2, 0) is 19.1 Å². The van der Waals surface area contributed by atoms with Crippen LogP contribution in [0, 0.1) is 11.8 Å². The van der Waals surface area contributed by atoms with Gasteiger partial charge in [-0.15, -0.1) is 0 Å². The first-order chi connectivity index (χ1) is 12.4. The van der Waals surface area contributed by atoms with Crippen molar-refractivity contribution in [2.45, 2.75) is 71.4 Å². The number of hydroxylamine groups is 1. The first kappa shape index (κ1) is 22.4. The molecule has 1 rings (SSSR count). The van der Waals surface area contributed by atoms with Gasteiger partial charge in [0.05, 0.1) is 25.1 Å². The second-order valence-electron chi connectivity index (χ2n) is 6.92. The van der Waals surface area contributed by atoms with Gasteiger partial charge in [0.1, 0.15) is 0 Å². The van der Waals surface area contributed by atoms with Gasteiger partial charge in [0.2, 0.25) is 5.91 Å². The summed E-state index contributed by atoms with van der Waals surface area (Å²) in [5.74, 6) is -1.40. The number of esters is 1. The Morgan fingerprint density at radius 3 is 2.50 bits per heavy atom. The zero-order valence-electron chi connectivity index (χ0n) is 16.0. The molecule has 1 aliphatic rings. The molecule has 4 N–H and O–H groups in total. The fraction of sp³-hybridized carbons (Fsp3) is 0.833. The molecule has 0 aromatic carbocycles. The van der Waals surface area contributed by atoms with Crippen LogP contribution in [0.2, 0.25) is 0 Å². The molecule has 0 aromatic heterocycles. The van der Waals surface area contributed by atoms with Crippen molar-refractivity contribution in [2.24, 2.45) is 11.8 Å². The summed E-state index contributed by atoms with van der Waals surface area (Å²) in [5, 5.41) is 14.6. The Kier molecular flexibility index (Phi) is 10.2. The predicted octanol–water partition coefficient (Wildman–Crippen LogP) is 1.12. The Morgan fingerprint density at radius 1 is 1.19 bits per heavy atom. The highest BCUT2D eigenvalue weighted by Crippen LogP contribution is 2.26. The summed E-state index contributed by atoms with van der Waals surface area (Å²) < 4.78 is 5.15. The fourth-order valence-electron chi connectivity index (χ4n) is 3.52. The molecule has 4 unspecified atom stereocenters. The van der Waals surface area contributed by atoms with Crippen molar-refractivity contribution in [1.82, 2.24) is 16.1 Å². The van der Waals surface area contributed by atoms with E-state index in [9.17, 15) is 14.4 Å². The van der Waals surface area contributed by atoms with Crippen molar-refractivity contribution in [3.63, 3.8) is 0 Å². The van der Waals surface area contributed by atoms with E-state index in [0.29, 0.717) is 13.0 Å². The van der Waals surface area contributed by atoms with E-state index in [1.807, 2.05) is 13.8 Å². The number of nitrogens with one attached hydrogen (secondary N) is 3. The van der Waals surface area contributed by atoms with Crippen molar-refractivity contribution in [2.75, 3.05) is 13.2 Å². The molecule has 26 heavy (non-hydrogen) atoms. The molecule has 0 spiro atoms. The molecule has 150 valence electrons. The van der Waals surface area contributed by atoms with Crippen LogP contribution in [0.4, 0.5) is 0 Å². The predicted molar refractivity (Wildman–Crippen MR) is 96.3 cm³/mol. The minimum atomic E-state index is -0.603. The van der Waals surface area contributed by atoms with Gasteiger partial charge in [0.15, 0.2) is 0 Å². The number of hydrogen-bond donors (Lipinski definition) is 4. The Morgan fingerprint density at radius 2 is 1.88 bits per heavy atom. The summed E-state index contributed by atoms with van der Waals surface area (Å²) in [6, 6.07) is -0.822. The summed E-state index contributed by atoms with van der Waals surface area (Å²) in [6.07, 6.45) is 5.07. The van der Waals surface area contributed by atoms with E-state index in [1.54, 1.807) is 12.4 Å². The van der Waals surface area contributed by atoms with Gasteiger partial charge in [-0.3, -0.25) is 24.9 Å².